The zero-order chi connectivity index (χ0) is 16.9. The highest BCUT2D eigenvalue weighted by atomic mass is 16.2. The van der Waals surface area contributed by atoms with Gasteiger partial charge in [0.25, 0.3) is 0 Å². The molecule has 1 aliphatic rings. The van der Waals surface area contributed by atoms with Gasteiger partial charge in [0, 0.05) is 31.0 Å². The molecule has 4 heteroatoms. The Labute approximate surface area is 143 Å². The average molecular weight is 323 g/mol. The van der Waals surface area contributed by atoms with Crippen molar-refractivity contribution in [2.75, 3.05) is 0 Å². The molecule has 1 aromatic heterocycles. The molecule has 3 rings (SSSR count). The van der Waals surface area contributed by atoms with Crippen LogP contribution in [0.5, 0.6) is 0 Å². The van der Waals surface area contributed by atoms with Gasteiger partial charge in [0.2, 0.25) is 0 Å². The van der Waals surface area contributed by atoms with E-state index in [1.165, 1.54) is 11.1 Å². The van der Waals surface area contributed by atoms with Crippen LogP contribution in [0.3, 0.4) is 0 Å². The summed E-state index contributed by atoms with van der Waals surface area (Å²) in [6, 6.07) is 12.8. The largest absolute Gasteiger partial charge is 0.335 e. The molecule has 126 valence electrons. The lowest BCUT2D eigenvalue weighted by Gasteiger charge is -2.31. The van der Waals surface area contributed by atoms with Gasteiger partial charge in [-0.05, 0) is 55.9 Å². The van der Waals surface area contributed by atoms with E-state index in [0.29, 0.717) is 6.54 Å². The summed E-state index contributed by atoms with van der Waals surface area (Å²) in [5, 5.41) is 3.23. The highest BCUT2D eigenvalue weighted by Gasteiger charge is 2.23. The molecule has 0 bridgehead atoms. The first-order valence-corrected chi connectivity index (χ1v) is 8.66. The van der Waals surface area contributed by atoms with Crippen molar-refractivity contribution in [3.63, 3.8) is 0 Å². The third-order valence-corrected chi connectivity index (χ3v) is 4.63. The molecule has 2 amide bonds. The van der Waals surface area contributed by atoms with E-state index in [4.69, 9.17) is 0 Å². The lowest BCUT2D eigenvalue weighted by molar-refractivity contribution is 0.174. The topological polar surface area (TPSA) is 45.2 Å². The summed E-state index contributed by atoms with van der Waals surface area (Å²) in [6.07, 6.45) is 6.52. The molecule has 0 saturated heterocycles. The van der Waals surface area contributed by atoms with Gasteiger partial charge in [0.05, 0.1) is 0 Å². The molecule has 2 aromatic rings. The maximum atomic E-state index is 12.8. The molecule has 0 fully saturated rings. The Bertz CT molecular complexity index is 684. The first-order valence-electron chi connectivity index (χ1n) is 8.66. The van der Waals surface area contributed by atoms with Crippen LogP contribution in [0.4, 0.5) is 4.79 Å². The van der Waals surface area contributed by atoms with Crippen LogP contribution < -0.4 is 5.32 Å². The Morgan fingerprint density at radius 3 is 2.75 bits per heavy atom. The normalized spacial score (nSPS) is 16.5. The zero-order valence-electron chi connectivity index (χ0n) is 14.4. The molecule has 1 aromatic carbocycles. The minimum atomic E-state index is 0.0123. The van der Waals surface area contributed by atoms with Crippen molar-refractivity contribution < 1.29 is 4.79 Å². The number of pyridine rings is 1. The predicted molar refractivity (Wildman–Crippen MR) is 95.7 cm³/mol. The molecule has 4 nitrogen and oxygen atoms in total. The second-order valence-electron chi connectivity index (χ2n) is 6.74. The number of amides is 2. The molecule has 1 N–H and O–H groups in total. The first kappa shape index (κ1) is 16.5. The molecule has 0 aliphatic heterocycles. The second kappa shape index (κ2) is 7.47. The Kier molecular flexibility index (Phi) is 5.14. The zero-order valence-corrected chi connectivity index (χ0v) is 14.4. The quantitative estimate of drug-likeness (QED) is 0.935. The molecular weight excluding hydrogens is 298 g/mol. The van der Waals surface area contributed by atoms with E-state index in [0.717, 1.165) is 24.8 Å². The molecule has 0 radical (unpaired) electrons. The number of carbonyl (C=O) groups excluding carboxylic acids is 1. The van der Waals surface area contributed by atoms with Crippen molar-refractivity contribution in [1.29, 1.82) is 0 Å². The monoisotopic (exact) mass is 323 g/mol. The van der Waals surface area contributed by atoms with E-state index in [2.05, 4.69) is 34.6 Å². The van der Waals surface area contributed by atoms with Gasteiger partial charge >= 0.3 is 6.03 Å². The fourth-order valence-electron chi connectivity index (χ4n) is 3.26. The maximum Gasteiger partial charge on any atom is 0.318 e. The fraction of sp³-hybridized carbons (Fsp3) is 0.400. The average Bonchev–Trinajstić information content (AvgIpc) is 2.60. The van der Waals surface area contributed by atoms with Crippen LogP contribution in [-0.2, 0) is 19.4 Å². The Hall–Kier alpha value is -2.36. The van der Waals surface area contributed by atoms with Gasteiger partial charge in [-0.2, -0.15) is 0 Å². The van der Waals surface area contributed by atoms with Gasteiger partial charge in [0.1, 0.15) is 0 Å². The maximum absolute atomic E-state index is 12.8. The molecule has 0 spiro atoms. The summed E-state index contributed by atoms with van der Waals surface area (Å²) in [4.78, 5) is 18.8. The summed E-state index contributed by atoms with van der Waals surface area (Å²) in [7, 11) is 0. The molecular formula is C20H25N3O. The number of aryl methyl sites for hydroxylation is 1. The fourth-order valence-corrected chi connectivity index (χ4v) is 3.26. The Morgan fingerprint density at radius 2 is 2.04 bits per heavy atom. The summed E-state index contributed by atoms with van der Waals surface area (Å²) >= 11 is 0. The van der Waals surface area contributed by atoms with Crippen LogP contribution in [0, 0.1) is 0 Å². The van der Waals surface area contributed by atoms with Crippen LogP contribution >= 0.6 is 0 Å². The standard InChI is InChI=1S/C20H25N3O/c1-15(2)23(14-16-6-5-11-21-13-16)20(24)22-19-10-9-17-7-3-4-8-18(17)12-19/h3-8,11,13,15,19H,9-10,12,14H2,1-2H3,(H,22,24)/t19-/m1/s1. The number of fused-ring (bicyclic) bond motifs is 1. The van der Waals surface area contributed by atoms with Crippen molar-refractivity contribution >= 4 is 6.03 Å². The third kappa shape index (κ3) is 3.94. The van der Waals surface area contributed by atoms with Crippen LogP contribution in [0.1, 0.15) is 37.0 Å². The van der Waals surface area contributed by atoms with E-state index >= 15 is 0 Å². The number of hydrogen-bond donors (Lipinski definition) is 1. The minimum Gasteiger partial charge on any atom is -0.335 e. The number of rotatable bonds is 4. The summed E-state index contributed by atoms with van der Waals surface area (Å²) in [5.41, 5.74) is 3.83. The van der Waals surface area contributed by atoms with E-state index < -0.39 is 0 Å². The number of benzene rings is 1. The van der Waals surface area contributed by atoms with Gasteiger partial charge in [-0.25, -0.2) is 4.79 Å². The highest BCUT2D eigenvalue weighted by molar-refractivity contribution is 5.75. The third-order valence-electron chi connectivity index (χ3n) is 4.63. The molecule has 1 aliphatic carbocycles. The van der Waals surface area contributed by atoms with Crippen molar-refractivity contribution in [3.05, 3.63) is 65.5 Å². The van der Waals surface area contributed by atoms with Gasteiger partial charge in [-0.1, -0.05) is 30.3 Å². The summed E-state index contributed by atoms with van der Waals surface area (Å²) < 4.78 is 0. The lowest BCUT2D eigenvalue weighted by atomic mass is 9.88. The van der Waals surface area contributed by atoms with Gasteiger partial charge in [-0.15, -0.1) is 0 Å². The predicted octanol–water partition coefficient (Wildman–Crippen LogP) is 3.56. The molecule has 24 heavy (non-hydrogen) atoms. The number of aromatic nitrogens is 1. The number of carbonyl (C=O) groups is 1. The van der Waals surface area contributed by atoms with Crippen molar-refractivity contribution in [2.24, 2.45) is 0 Å². The number of urea groups is 1. The molecule has 1 heterocycles. The minimum absolute atomic E-state index is 0.0123. The van der Waals surface area contributed by atoms with E-state index in [1.54, 1.807) is 6.20 Å². The SMILES string of the molecule is CC(C)N(Cc1cccnc1)C(=O)N[C@@H]1CCc2ccccc2C1. The lowest BCUT2D eigenvalue weighted by Crippen LogP contribution is -2.48. The van der Waals surface area contributed by atoms with Crippen LogP contribution in [0.15, 0.2) is 48.8 Å². The van der Waals surface area contributed by atoms with E-state index in [1.807, 2.05) is 37.1 Å². The van der Waals surface area contributed by atoms with Gasteiger partial charge in [-0.3, -0.25) is 4.98 Å². The Balaban J connectivity index is 1.64. The highest BCUT2D eigenvalue weighted by Crippen LogP contribution is 2.21. The van der Waals surface area contributed by atoms with Crippen molar-refractivity contribution in [3.8, 4) is 0 Å². The van der Waals surface area contributed by atoms with Crippen molar-refractivity contribution in [2.45, 2.75) is 51.7 Å². The second-order valence-corrected chi connectivity index (χ2v) is 6.74. The summed E-state index contributed by atoms with van der Waals surface area (Å²) in [5.74, 6) is 0. The number of nitrogens with one attached hydrogen (secondary N) is 1. The van der Waals surface area contributed by atoms with Crippen molar-refractivity contribution in [1.82, 2.24) is 15.2 Å². The molecule has 0 saturated carbocycles. The van der Waals surface area contributed by atoms with E-state index in [9.17, 15) is 4.79 Å². The van der Waals surface area contributed by atoms with E-state index in [-0.39, 0.29) is 18.1 Å². The Morgan fingerprint density at radius 1 is 1.25 bits per heavy atom. The van der Waals surface area contributed by atoms with Crippen LogP contribution in [0.2, 0.25) is 0 Å². The molecule has 0 unspecified atom stereocenters. The van der Waals surface area contributed by atoms with Gasteiger partial charge < -0.3 is 10.2 Å². The first-order chi connectivity index (χ1) is 11.6. The van der Waals surface area contributed by atoms with Crippen LogP contribution in [-0.4, -0.2) is 28.0 Å². The smallest absolute Gasteiger partial charge is 0.318 e. The number of hydrogen-bond acceptors (Lipinski definition) is 2. The summed E-state index contributed by atoms with van der Waals surface area (Å²) in [6.45, 7) is 4.68. The van der Waals surface area contributed by atoms with Gasteiger partial charge in [0.15, 0.2) is 0 Å². The van der Waals surface area contributed by atoms with Crippen LogP contribution in [0.25, 0.3) is 0 Å². The molecule has 1 atom stereocenters. The number of nitrogens with zero attached hydrogens (tertiary/aromatic N) is 2.